The first-order valence-corrected chi connectivity index (χ1v) is 11.8. The van der Waals surface area contributed by atoms with Gasteiger partial charge in [-0.15, -0.1) is 0 Å². The smallest absolute Gasteiger partial charge is 0.411 e. The van der Waals surface area contributed by atoms with Crippen LogP contribution in [0.4, 0.5) is 10.5 Å². The monoisotopic (exact) mass is 466 g/mol. The van der Waals surface area contributed by atoms with Crippen molar-refractivity contribution in [1.82, 2.24) is 4.57 Å². The predicted molar refractivity (Wildman–Crippen MR) is 121 cm³/mol. The molecule has 1 N–H and O–H groups in total. The van der Waals surface area contributed by atoms with Gasteiger partial charge in [0.1, 0.15) is 0 Å². The van der Waals surface area contributed by atoms with Crippen molar-refractivity contribution in [2.24, 2.45) is 0 Å². The van der Waals surface area contributed by atoms with Gasteiger partial charge in [-0.3, -0.25) is 4.90 Å². The Morgan fingerprint density at radius 3 is 2.41 bits per heavy atom. The van der Waals surface area contributed by atoms with Gasteiger partial charge in [0.05, 0.1) is 36.0 Å². The van der Waals surface area contributed by atoms with Crippen LogP contribution in [0.5, 0.6) is 0 Å². The highest BCUT2D eigenvalue weighted by molar-refractivity contribution is 6.37. The Kier molecular flexibility index (Phi) is 8.26. The SMILES string of the molecule is O=C(O)N(CCOC1CCCCO1)c1cccc2c1c(Cl)cn2CCOC1CCCCO1. The number of aromatic nitrogens is 1. The van der Waals surface area contributed by atoms with Gasteiger partial charge in [-0.1, -0.05) is 17.7 Å². The fourth-order valence-electron chi connectivity index (χ4n) is 4.26. The van der Waals surface area contributed by atoms with E-state index in [2.05, 4.69) is 0 Å². The van der Waals surface area contributed by atoms with Crippen LogP contribution in [-0.4, -0.2) is 61.3 Å². The van der Waals surface area contributed by atoms with E-state index in [4.69, 9.17) is 30.5 Å². The maximum absolute atomic E-state index is 12.0. The van der Waals surface area contributed by atoms with Gasteiger partial charge in [-0.25, -0.2) is 4.79 Å². The van der Waals surface area contributed by atoms with E-state index in [0.717, 1.165) is 50.6 Å². The number of carboxylic acid groups (broad SMARTS) is 1. The highest BCUT2D eigenvalue weighted by Crippen LogP contribution is 2.35. The van der Waals surface area contributed by atoms with E-state index in [0.29, 0.717) is 35.9 Å². The van der Waals surface area contributed by atoms with E-state index < -0.39 is 6.09 Å². The normalized spacial score (nSPS) is 21.7. The van der Waals surface area contributed by atoms with Gasteiger partial charge in [0.2, 0.25) is 0 Å². The molecule has 0 aliphatic carbocycles. The van der Waals surface area contributed by atoms with Crippen LogP contribution in [0.3, 0.4) is 0 Å². The summed E-state index contributed by atoms with van der Waals surface area (Å²) < 4.78 is 24.8. The zero-order valence-electron chi connectivity index (χ0n) is 18.2. The van der Waals surface area contributed by atoms with E-state index in [1.807, 2.05) is 22.9 Å². The number of amides is 1. The molecule has 1 amide bonds. The molecule has 0 radical (unpaired) electrons. The molecule has 9 heteroatoms. The van der Waals surface area contributed by atoms with Gasteiger partial charge < -0.3 is 28.6 Å². The van der Waals surface area contributed by atoms with E-state index in [1.165, 1.54) is 4.90 Å². The van der Waals surface area contributed by atoms with Crippen molar-refractivity contribution in [3.05, 3.63) is 29.4 Å². The first-order valence-electron chi connectivity index (χ1n) is 11.4. The van der Waals surface area contributed by atoms with Crippen LogP contribution in [0, 0.1) is 0 Å². The summed E-state index contributed by atoms with van der Waals surface area (Å²) in [4.78, 5) is 13.3. The average Bonchev–Trinajstić information content (AvgIpc) is 3.14. The van der Waals surface area contributed by atoms with Crippen molar-refractivity contribution in [1.29, 1.82) is 0 Å². The van der Waals surface area contributed by atoms with E-state index in [1.54, 1.807) is 6.07 Å². The first kappa shape index (κ1) is 23.3. The van der Waals surface area contributed by atoms with Crippen LogP contribution >= 0.6 is 11.6 Å². The molecule has 2 unspecified atom stereocenters. The Hall–Kier alpha value is -1.84. The second-order valence-electron chi connectivity index (χ2n) is 8.11. The lowest BCUT2D eigenvalue weighted by atomic mass is 10.2. The fraction of sp³-hybridized carbons (Fsp3) is 0.609. The van der Waals surface area contributed by atoms with Gasteiger partial charge in [-0.2, -0.15) is 0 Å². The summed E-state index contributed by atoms with van der Waals surface area (Å²) in [6, 6.07) is 5.56. The lowest BCUT2D eigenvalue weighted by molar-refractivity contribution is -0.163. The molecule has 2 aliphatic rings. The molecule has 3 heterocycles. The molecular weight excluding hydrogens is 436 g/mol. The van der Waals surface area contributed by atoms with Crippen molar-refractivity contribution in [3.63, 3.8) is 0 Å². The number of hydrogen-bond donors (Lipinski definition) is 1. The molecule has 2 saturated heterocycles. The highest BCUT2D eigenvalue weighted by Gasteiger charge is 2.22. The van der Waals surface area contributed by atoms with Gasteiger partial charge >= 0.3 is 6.09 Å². The number of nitrogens with zero attached hydrogens (tertiary/aromatic N) is 2. The fourth-order valence-corrected chi connectivity index (χ4v) is 4.57. The third kappa shape index (κ3) is 5.74. The summed E-state index contributed by atoms with van der Waals surface area (Å²) in [6.45, 7) is 2.97. The van der Waals surface area contributed by atoms with Gasteiger partial charge in [0.15, 0.2) is 12.6 Å². The Labute approximate surface area is 192 Å². The molecular formula is C23H31ClN2O6. The minimum absolute atomic E-state index is 0.146. The second kappa shape index (κ2) is 11.3. The van der Waals surface area contributed by atoms with Gasteiger partial charge in [0.25, 0.3) is 0 Å². The molecule has 2 aromatic rings. The number of carbonyl (C=O) groups is 1. The molecule has 8 nitrogen and oxygen atoms in total. The van der Waals surface area contributed by atoms with E-state index in [9.17, 15) is 9.90 Å². The summed E-state index contributed by atoms with van der Waals surface area (Å²) in [5.41, 5.74) is 1.41. The Morgan fingerprint density at radius 1 is 1.09 bits per heavy atom. The molecule has 0 spiro atoms. The summed E-state index contributed by atoms with van der Waals surface area (Å²) in [7, 11) is 0. The van der Waals surface area contributed by atoms with Crippen LogP contribution in [0.15, 0.2) is 24.4 Å². The molecule has 2 aliphatic heterocycles. The number of halogens is 1. The lowest BCUT2D eigenvalue weighted by Crippen LogP contribution is -2.34. The maximum Gasteiger partial charge on any atom is 0.411 e. The summed E-state index contributed by atoms with van der Waals surface area (Å²) >= 11 is 6.56. The molecule has 0 bridgehead atoms. The molecule has 2 atom stereocenters. The van der Waals surface area contributed by atoms with E-state index >= 15 is 0 Å². The standard InChI is InChI=1S/C23H31ClN2O6/c24-17-16-25(10-14-31-20-8-1-3-12-29-20)18-6-5-7-19(22(17)18)26(23(27)28)11-15-32-21-9-2-4-13-30-21/h5-7,16,20-21H,1-4,8-15H2,(H,27,28). The maximum atomic E-state index is 12.0. The molecule has 176 valence electrons. The van der Waals surface area contributed by atoms with Crippen molar-refractivity contribution in [3.8, 4) is 0 Å². The molecule has 32 heavy (non-hydrogen) atoms. The van der Waals surface area contributed by atoms with Gasteiger partial charge in [-0.05, 0) is 50.7 Å². The summed E-state index contributed by atoms with van der Waals surface area (Å²) in [5.74, 6) is 0. The van der Waals surface area contributed by atoms with Crippen molar-refractivity contribution < 1.29 is 28.8 Å². The number of hydrogen-bond acceptors (Lipinski definition) is 5. The number of benzene rings is 1. The number of anilines is 1. The minimum Gasteiger partial charge on any atom is -0.465 e. The second-order valence-corrected chi connectivity index (χ2v) is 8.52. The van der Waals surface area contributed by atoms with Crippen molar-refractivity contribution in [2.45, 2.75) is 57.6 Å². The Bertz CT molecular complexity index is 892. The van der Waals surface area contributed by atoms with E-state index in [-0.39, 0.29) is 25.7 Å². The molecule has 0 saturated carbocycles. The minimum atomic E-state index is -1.05. The highest BCUT2D eigenvalue weighted by atomic mass is 35.5. The lowest BCUT2D eigenvalue weighted by Gasteiger charge is -2.25. The number of rotatable bonds is 9. The molecule has 1 aromatic carbocycles. The topological polar surface area (TPSA) is 82.4 Å². The largest absolute Gasteiger partial charge is 0.465 e. The van der Waals surface area contributed by atoms with Gasteiger partial charge in [0, 0.05) is 31.3 Å². The van der Waals surface area contributed by atoms with Crippen LogP contribution in [0.25, 0.3) is 10.9 Å². The zero-order chi connectivity index (χ0) is 22.3. The number of fused-ring (bicyclic) bond motifs is 1. The molecule has 1 aromatic heterocycles. The van der Waals surface area contributed by atoms with Crippen LogP contribution in [-0.2, 0) is 25.5 Å². The molecule has 2 fully saturated rings. The third-order valence-electron chi connectivity index (χ3n) is 5.89. The first-order chi connectivity index (χ1) is 15.6. The van der Waals surface area contributed by atoms with Crippen LogP contribution < -0.4 is 4.90 Å². The Balaban J connectivity index is 1.44. The number of ether oxygens (including phenoxy) is 4. The average molecular weight is 467 g/mol. The van der Waals surface area contributed by atoms with Crippen LogP contribution in [0.1, 0.15) is 38.5 Å². The molecule has 4 rings (SSSR count). The predicted octanol–water partition coefficient (Wildman–Crippen LogP) is 4.87. The summed E-state index contributed by atoms with van der Waals surface area (Å²) in [6.07, 6.45) is 6.43. The quantitative estimate of drug-likeness (QED) is 0.568. The summed E-state index contributed by atoms with van der Waals surface area (Å²) in [5, 5.41) is 11.1. The van der Waals surface area contributed by atoms with Crippen molar-refractivity contribution in [2.75, 3.05) is 37.9 Å². The van der Waals surface area contributed by atoms with Crippen LogP contribution in [0.2, 0.25) is 5.02 Å². The Morgan fingerprint density at radius 2 is 1.78 bits per heavy atom. The third-order valence-corrected chi connectivity index (χ3v) is 6.18. The zero-order valence-corrected chi connectivity index (χ0v) is 19.0. The van der Waals surface area contributed by atoms with Crippen molar-refractivity contribution >= 4 is 34.3 Å².